The normalized spacial score (nSPS) is 15.9. The third-order valence-corrected chi connectivity index (χ3v) is 4.84. The van der Waals surface area contributed by atoms with Crippen LogP contribution < -0.4 is 0 Å². The minimum Gasteiger partial charge on any atom is -0.133 e. The number of alkyl halides is 1. The summed E-state index contributed by atoms with van der Waals surface area (Å²) in [4.78, 5) is 2.06. The summed E-state index contributed by atoms with van der Waals surface area (Å²) in [6, 6.07) is 4.36. The van der Waals surface area contributed by atoms with Crippen molar-refractivity contribution in [2.45, 2.75) is 32.0 Å². The molecule has 2 unspecified atom stereocenters. The summed E-state index contributed by atoms with van der Waals surface area (Å²) in [6.45, 7) is 6.84. The van der Waals surface area contributed by atoms with Gasteiger partial charge >= 0.3 is 0 Å². The van der Waals surface area contributed by atoms with Gasteiger partial charge in [-0.15, -0.1) is 11.3 Å². The first-order valence-corrected chi connectivity index (χ1v) is 7.41. The van der Waals surface area contributed by atoms with E-state index in [4.69, 9.17) is 0 Å². The van der Waals surface area contributed by atoms with Gasteiger partial charge in [0.05, 0.1) is 3.79 Å². The Morgan fingerprint density at radius 3 is 2.29 bits per heavy atom. The first-order valence-electron chi connectivity index (χ1n) is 4.89. The Morgan fingerprint density at radius 1 is 1.29 bits per heavy atom. The van der Waals surface area contributed by atoms with Crippen LogP contribution in [0.15, 0.2) is 15.9 Å². The molecule has 0 aliphatic carbocycles. The van der Waals surface area contributed by atoms with E-state index in [1.165, 1.54) is 15.1 Å². The molecule has 0 bridgehead atoms. The molecule has 1 rings (SSSR count). The lowest BCUT2D eigenvalue weighted by Gasteiger charge is -2.22. The standard InChI is InChI=1S/C11H16Br2S/c1-7(2)10(8(3)12)6-9-4-5-11(13)14-9/h4-5,7-8,10H,6H2,1-3H3. The first-order chi connectivity index (χ1) is 6.50. The monoisotopic (exact) mass is 338 g/mol. The van der Waals surface area contributed by atoms with Crippen LogP contribution in [0.4, 0.5) is 0 Å². The Hall–Kier alpha value is 0.660. The molecule has 0 spiro atoms. The second-order valence-electron chi connectivity index (χ2n) is 4.00. The number of halogens is 2. The molecule has 0 amide bonds. The third kappa shape index (κ3) is 3.67. The summed E-state index contributed by atoms with van der Waals surface area (Å²) in [5.74, 6) is 1.45. The fraction of sp³-hybridized carbons (Fsp3) is 0.636. The van der Waals surface area contributed by atoms with Gasteiger partial charge in [0.2, 0.25) is 0 Å². The van der Waals surface area contributed by atoms with E-state index in [9.17, 15) is 0 Å². The maximum Gasteiger partial charge on any atom is 0.0701 e. The molecule has 2 atom stereocenters. The second-order valence-corrected chi connectivity index (χ2v) is 7.99. The molecule has 1 aromatic heterocycles. The number of hydrogen-bond donors (Lipinski definition) is 0. The number of rotatable bonds is 4. The van der Waals surface area contributed by atoms with Gasteiger partial charge in [-0.2, -0.15) is 0 Å². The molecule has 0 aliphatic rings. The minimum absolute atomic E-state index is 0.586. The first kappa shape index (κ1) is 12.7. The van der Waals surface area contributed by atoms with Crippen LogP contribution in [-0.2, 0) is 6.42 Å². The van der Waals surface area contributed by atoms with Crippen molar-refractivity contribution in [2.24, 2.45) is 11.8 Å². The highest BCUT2D eigenvalue weighted by Crippen LogP contribution is 2.30. The van der Waals surface area contributed by atoms with Crippen LogP contribution in [0, 0.1) is 11.8 Å². The molecule has 0 N–H and O–H groups in total. The second kappa shape index (κ2) is 5.66. The third-order valence-electron chi connectivity index (χ3n) is 2.51. The van der Waals surface area contributed by atoms with E-state index in [-0.39, 0.29) is 0 Å². The summed E-state index contributed by atoms with van der Waals surface area (Å²) in [6.07, 6.45) is 1.18. The molecule has 0 nitrogen and oxygen atoms in total. The predicted octanol–water partition coefficient (Wildman–Crippen LogP) is 5.11. The van der Waals surface area contributed by atoms with Gasteiger partial charge in [0, 0.05) is 9.70 Å². The van der Waals surface area contributed by atoms with E-state index in [0.717, 1.165) is 11.8 Å². The lowest BCUT2D eigenvalue weighted by molar-refractivity contribution is 0.386. The van der Waals surface area contributed by atoms with Gasteiger partial charge in [0.25, 0.3) is 0 Å². The fourth-order valence-electron chi connectivity index (χ4n) is 1.62. The molecule has 0 aliphatic heterocycles. The zero-order valence-corrected chi connectivity index (χ0v) is 12.7. The van der Waals surface area contributed by atoms with Crippen molar-refractivity contribution in [2.75, 3.05) is 0 Å². The molecule has 0 radical (unpaired) electrons. The van der Waals surface area contributed by atoms with Gasteiger partial charge < -0.3 is 0 Å². The Kier molecular flexibility index (Phi) is 5.15. The van der Waals surface area contributed by atoms with E-state index in [1.54, 1.807) is 0 Å². The summed E-state index contributed by atoms with van der Waals surface area (Å²) < 4.78 is 1.23. The van der Waals surface area contributed by atoms with Crippen molar-refractivity contribution in [3.63, 3.8) is 0 Å². The van der Waals surface area contributed by atoms with Crippen LogP contribution in [0.1, 0.15) is 25.6 Å². The molecular weight excluding hydrogens is 324 g/mol. The van der Waals surface area contributed by atoms with E-state index in [2.05, 4.69) is 64.8 Å². The molecular formula is C11H16Br2S. The van der Waals surface area contributed by atoms with Crippen LogP contribution in [0.2, 0.25) is 0 Å². The topological polar surface area (TPSA) is 0 Å². The summed E-state index contributed by atoms with van der Waals surface area (Å²) in [5.41, 5.74) is 0. The summed E-state index contributed by atoms with van der Waals surface area (Å²) >= 11 is 9.05. The lowest BCUT2D eigenvalue weighted by Crippen LogP contribution is -2.19. The van der Waals surface area contributed by atoms with E-state index < -0.39 is 0 Å². The zero-order chi connectivity index (χ0) is 10.7. The van der Waals surface area contributed by atoms with Gasteiger partial charge in [0.1, 0.15) is 0 Å². The molecule has 1 aromatic rings. The van der Waals surface area contributed by atoms with Crippen LogP contribution in [0.5, 0.6) is 0 Å². The maximum atomic E-state index is 3.70. The van der Waals surface area contributed by atoms with Crippen molar-refractivity contribution < 1.29 is 0 Å². The van der Waals surface area contributed by atoms with Crippen LogP contribution >= 0.6 is 43.2 Å². The highest BCUT2D eigenvalue weighted by Gasteiger charge is 2.19. The van der Waals surface area contributed by atoms with E-state index >= 15 is 0 Å². The van der Waals surface area contributed by atoms with Gasteiger partial charge in [-0.3, -0.25) is 0 Å². The van der Waals surface area contributed by atoms with Crippen molar-refractivity contribution in [1.29, 1.82) is 0 Å². The molecule has 14 heavy (non-hydrogen) atoms. The zero-order valence-electron chi connectivity index (χ0n) is 8.76. The molecule has 0 aromatic carbocycles. The predicted molar refractivity (Wildman–Crippen MR) is 72.4 cm³/mol. The number of hydrogen-bond acceptors (Lipinski definition) is 1. The molecule has 80 valence electrons. The van der Waals surface area contributed by atoms with Crippen molar-refractivity contribution >= 4 is 43.2 Å². The molecule has 3 heteroatoms. The Morgan fingerprint density at radius 2 is 1.93 bits per heavy atom. The number of thiophene rings is 1. The molecule has 0 saturated heterocycles. The highest BCUT2D eigenvalue weighted by molar-refractivity contribution is 9.11. The Labute approximate surface area is 107 Å². The minimum atomic E-state index is 0.586. The van der Waals surface area contributed by atoms with Crippen molar-refractivity contribution in [3.05, 3.63) is 20.8 Å². The van der Waals surface area contributed by atoms with Crippen molar-refractivity contribution in [1.82, 2.24) is 0 Å². The maximum absolute atomic E-state index is 3.70. The van der Waals surface area contributed by atoms with Gasteiger partial charge in [-0.05, 0) is 46.3 Å². The van der Waals surface area contributed by atoms with E-state index in [1.807, 2.05) is 11.3 Å². The van der Waals surface area contributed by atoms with Crippen molar-refractivity contribution in [3.8, 4) is 0 Å². The van der Waals surface area contributed by atoms with Crippen LogP contribution in [0.25, 0.3) is 0 Å². The Balaban J connectivity index is 2.64. The van der Waals surface area contributed by atoms with Crippen LogP contribution in [-0.4, -0.2) is 4.83 Å². The largest absolute Gasteiger partial charge is 0.133 e. The average Bonchev–Trinajstić information content (AvgIpc) is 2.46. The molecule has 1 heterocycles. The quantitative estimate of drug-likeness (QED) is 0.669. The summed E-state index contributed by atoms with van der Waals surface area (Å²) in [5, 5.41) is 0. The molecule has 0 fully saturated rings. The van der Waals surface area contributed by atoms with Gasteiger partial charge in [-0.1, -0.05) is 36.7 Å². The Bertz CT molecular complexity index is 271. The van der Waals surface area contributed by atoms with Gasteiger partial charge in [-0.25, -0.2) is 0 Å². The highest BCUT2D eigenvalue weighted by atomic mass is 79.9. The lowest BCUT2D eigenvalue weighted by atomic mass is 9.89. The van der Waals surface area contributed by atoms with Crippen LogP contribution in [0.3, 0.4) is 0 Å². The molecule has 0 saturated carbocycles. The smallest absolute Gasteiger partial charge is 0.0701 e. The fourth-order valence-corrected chi connectivity index (χ4v) is 3.97. The summed E-state index contributed by atoms with van der Waals surface area (Å²) in [7, 11) is 0. The SMILES string of the molecule is CC(C)C(Cc1ccc(Br)s1)C(C)Br. The van der Waals surface area contributed by atoms with E-state index in [0.29, 0.717) is 4.83 Å². The average molecular weight is 340 g/mol. The van der Waals surface area contributed by atoms with Gasteiger partial charge in [0.15, 0.2) is 0 Å².